The Balaban J connectivity index is 2.14. The van der Waals surface area contributed by atoms with Crippen LogP contribution in [0.25, 0.3) is 0 Å². The minimum absolute atomic E-state index is 0.628. The largest absolute Gasteiger partial charge is 0.366 e. The summed E-state index contributed by atoms with van der Waals surface area (Å²) in [5.41, 5.74) is 5.21. The van der Waals surface area contributed by atoms with Crippen LogP contribution in [-0.2, 0) is 19.4 Å². The molecule has 5 nitrogen and oxygen atoms in total. The topological polar surface area (TPSA) is 75.9 Å². The van der Waals surface area contributed by atoms with Crippen LogP contribution in [0.3, 0.4) is 0 Å². The summed E-state index contributed by atoms with van der Waals surface area (Å²) in [7, 11) is 0. The van der Waals surface area contributed by atoms with Gasteiger partial charge in [0.15, 0.2) is 0 Å². The molecule has 1 heterocycles. The predicted octanol–water partition coefficient (Wildman–Crippen LogP) is 2.50. The highest BCUT2D eigenvalue weighted by molar-refractivity contribution is 5.47. The number of nitrogens with one attached hydrogen (secondary N) is 2. The average molecular weight is 271 g/mol. The van der Waals surface area contributed by atoms with Crippen molar-refractivity contribution in [3.8, 4) is 0 Å². The van der Waals surface area contributed by atoms with E-state index in [2.05, 4.69) is 51.9 Å². The highest BCUT2D eigenvalue weighted by Crippen LogP contribution is 2.14. The van der Waals surface area contributed by atoms with Gasteiger partial charge in [-0.05, 0) is 17.5 Å². The van der Waals surface area contributed by atoms with E-state index < -0.39 is 0 Å². The van der Waals surface area contributed by atoms with Gasteiger partial charge in [-0.15, -0.1) is 0 Å². The van der Waals surface area contributed by atoms with Crippen LogP contribution >= 0.6 is 0 Å². The maximum Gasteiger partial charge on any atom is 0.145 e. The van der Waals surface area contributed by atoms with E-state index >= 15 is 0 Å². The zero-order valence-corrected chi connectivity index (χ0v) is 12.0. The Morgan fingerprint density at radius 3 is 2.35 bits per heavy atom. The molecule has 0 unspecified atom stereocenters. The van der Waals surface area contributed by atoms with Crippen LogP contribution < -0.4 is 16.6 Å². The molecule has 0 saturated heterocycles. The number of rotatable bonds is 6. The van der Waals surface area contributed by atoms with Crippen molar-refractivity contribution in [2.45, 2.75) is 33.2 Å². The number of benzene rings is 1. The first-order chi connectivity index (χ1) is 9.76. The lowest BCUT2D eigenvalue weighted by molar-refractivity contribution is 0.928. The first-order valence-corrected chi connectivity index (χ1v) is 6.92. The molecular weight excluding hydrogens is 250 g/mol. The van der Waals surface area contributed by atoms with E-state index in [1.54, 1.807) is 0 Å². The van der Waals surface area contributed by atoms with Crippen molar-refractivity contribution in [2.75, 3.05) is 10.7 Å². The molecule has 0 saturated carbocycles. The van der Waals surface area contributed by atoms with E-state index in [9.17, 15) is 0 Å². The van der Waals surface area contributed by atoms with Gasteiger partial charge in [0.1, 0.15) is 17.5 Å². The Hall–Kier alpha value is -2.14. The zero-order chi connectivity index (χ0) is 14.4. The van der Waals surface area contributed by atoms with Crippen LogP contribution in [0, 0.1) is 0 Å². The summed E-state index contributed by atoms with van der Waals surface area (Å²) >= 11 is 0. The van der Waals surface area contributed by atoms with Crippen LogP contribution in [0.5, 0.6) is 0 Å². The second-order valence-corrected chi connectivity index (χ2v) is 4.53. The summed E-state index contributed by atoms with van der Waals surface area (Å²) in [4.78, 5) is 8.72. The van der Waals surface area contributed by atoms with Gasteiger partial charge < -0.3 is 10.7 Å². The van der Waals surface area contributed by atoms with Gasteiger partial charge in [0, 0.05) is 19.0 Å². The fourth-order valence-electron chi connectivity index (χ4n) is 2.08. The Morgan fingerprint density at radius 1 is 1.00 bits per heavy atom. The van der Waals surface area contributed by atoms with Gasteiger partial charge >= 0.3 is 0 Å². The molecule has 0 amide bonds. The van der Waals surface area contributed by atoms with E-state index in [0.717, 1.165) is 31.0 Å². The molecule has 5 heteroatoms. The van der Waals surface area contributed by atoms with Crippen molar-refractivity contribution in [1.82, 2.24) is 9.97 Å². The quantitative estimate of drug-likeness (QED) is 0.556. The highest BCUT2D eigenvalue weighted by Gasteiger charge is 2.04. The van der Waals surface area contributed by atoms with E-state index in [1.807, 2.05) is 13.0 Å². The molecule has 106 valence electrons. The highest BCUT2D eigenvalue weighted by atomic mass is 15.3. The normalized spacial score (nSPS) is 10.3. The van der Waals surface area contributed by atoms with Crippen LogP contribution in [-0.4, -0.2) is 9.97 Å². The van der Waals surface area contributed by atoms with Gasteiger partial charge in [-0.2, -0.15) is 0 Å². The molecule has 0 aliphatic rings. The maximum atomic E-state index is 5.43. The summed E-state index contributed by atoms with van der Waals surface area (Å²) in [6.45, 7) is 4.93. The summed E-state index contributed by atoms with van der Waals surface area (Å²) < 4.78 is 0. The molecule has 0 bridgehead atoms. The maximum absolute atomic E-state index is 5.43. The van der Waals surface area contributed by atoms with Crippen molar-refractivity contribution < 1.29 is 0 Å². The van der Waals surface area contributed by atoms with Gasteiger partial charge in [0.25, 0.3) is 0 Å². The van der Waals surface area contributed by atoms with Crippen LogP contribution in [0.4, 0.5) is 11.6 Å². The Morgan fingerprint density at radius 2 is 1.70 bits per heavy atom. The van der Waals surface area contributed by atoms with Crippen molar-refractivity contribution in [2.24, 2.45) is 5.84 Å². The fourth-order valence-corrected chi connectivity index (χ4v) is 2.08. The lowest BCUT2D eigenvalue weighted by Crippen LogP contribution is -2.12. The standard InChI is InChI=1S/C15H21N5/c1-3-11-7-5-6-8-12(11)10-17-14-9-15(20-16)19-13(4-2)18-14/h5-9H,3-4,10,16H2,1-2H3,(H2,17,18,19,20). The third-order valence-corrected chi connectivity index (χ3v) is 3.20. The molecule has 0 aliphatic carbocycles. The van der Waals surface area contributed by atoms with Crippen molar-refractivity contribution in [1.29, 1.82) is 0 Å². The number of nitrogens with two attached hydrogens (primary N) is 1. The van der Waals surface area contributed by atoms with Gasteiger partial charge in [-0.25, -0.2) is 15.8 Å². The molecule has 0 atom stereocenters. The first kappa shape index (κ1) is 14.3. The summed E-state index contributed by atoms with van der Waals surface area (Å²) in [5, 5.41) is 3.34. The van der Waals surface area contributed by atoms with Crippen molar-refractivity contribution >= 4 is 11.6 Å². The second-order valence-electron chi connectivity index (χ2n) is 4.53. The molecule has 0 radical (unpaired) electrons. The molecule has 4 N–H and O–H groups in total. The lowest BCUT2D eigenvalue weighted by atomic mass is 10.1. The van der Waals surface area contributed by atoms with Crippen molar-refractivity contribution in [3.05, 3.63) is 47.3 Å². The molecule has 0 aliphatic heterocycles. The van der Waals surface area contributed by atoms with Gasteiger partial charge in [-0.3, -0.25) is 0 Å². The molecular formula is C15H21N5. The number of aromatic nitrogens is 2. The van der Waals surface area contributed by atoms with Gasteiger partial charge in [0.2, 0.25) is 0 Å². The first-order valence-electron chi connectivity index (χ1n) is 6.92. The molecule has 2 aromatic rings. The van der Waals surface area contributed by atoms with E-state index in [4.69, 9.17) is 5.84 Å². The molecule has 1 aromatic carbocycles. The Bertz CT molecular complexity index is 546. The molecule has 0 spiro atoms. The molecule has 2 rings (SSSR count). The van der Waals surface area contributed by atoms with E-state index in [0.29, 0.717) is 5.82 Å². The van der Waals surface area contributed by atoms with Gasteiger partial charge in [0.05, 0.1) is 0 Å². The van der Waals surface area contributed by atoms with E-state index in [1.165, 1.54) is 11.1 Å². The van der Waals surface area contributed by atoms with Crippen LogP contribution in [0.2, 0.25) is 0 Å². The summed E-state index contributed by atoms with van der Waals surface area (Å²) in [5.74, 6) is 7.61. The number of anilines is 2. The number of nitrogens with zero attached hydrogens (tertiary/aromatic N) is 2. The zero-order valence-electron chi connectivity index (χ0n) is 12.0. The predicted molar refractivity (Wildman–Crippen MR) is 82.4 cm³/mol. The third-order valence-electron chi connectivity index (χ3n) is 3.20. The summed E-state index contributed by atoms with van der Waals surface area (Å²) in [6, 6.07) is 10.2. The fraction of sp³-hybridized carbons (Fsp3) is 0.333. The SMILES string of the molecule is CCc1nc(NN)cc(NCc2ccccc2CC)n1. The van der Waals surface area contributed by atoms with Gasteiger partial charge in [-0.1, -0.05) is 38.1 Å². The molecule has 1 aromatic heterocycles. The number of aryl methyl sites for hydroxylation is 2. The smallest absolute Gasteiger partial charge is 0.145 e. The van der Waals surface area contributed by atoms with Crippen LogP contribution in [0.15, 0.2) is 30.3 Å². The molecule has 20 heavy (non-hydrogen) atoms. The Labute approximate surface area is 119 Å². The Kier molecular flexibility index (Phi) is 4.90. The number of hydrazine groups is 1. The van der Waals surface area contributed by atoms with Crippen molar-refractivity contribution in [3.63, 3.8) is 0 Å². The summed E-state index contributed by atoms with van der Waals surface area (Å²) in [6.07, 6.45) is 1.80. The lowest BCUT2D eigenvalue weighted by Gasteiger charge is -2.11. The number of nitrogen functional groups attached to an aromatic ring is 1. The second kappa shape index (κ2) is 6.86. The van der Waals surface area contributed by atoms with E-state index in [-0.39, 0.29) is 0 Å². The minimum Gasteiger partial charge on any atom is -0.366 e. The minimum atomic E-state index is 0.628. The molecule has 0 fully saturated rings. The number of hydrogen-bond donors (Lipinski definition) is 3. The average Bonchev–Trinajstić information content (AvgIpc) is 2.52. The van der Waals surface area contributed by atoms with Crippen LogP contribution in [0.1, 0.15) is 30.8 Å². The third kappa shape index (κ3) is 3.45. The monoisotopic (exact) mass is 271 g/mol. The number of hydrogen-bond acceptors (Lipinski definition) is 5.